The third-order valence-corrected chi connectivity index (χ3v) is 6.74. The van der Waals surface area contributed by atoms with E-state index in [4.69, 9.17) is 4.98 Å². The lowest BCUT2D eigenvalue weighted by Crippen LogP contribution is -2.16. The summed E-state index contributed by atoms with van der Waals surface area (Å²) in [6, 6.07) is 12.9. The van der Waals surface area contributed by atoms with Crippen molar-refractivity contribution in [1.29, 1.82) is 0 Å². The molecule has 5 rings (SSSR count). The van der Waals surface area contributed by atoms with Gasteiger partial charge in [0.2, 0.25) is 0 Å². The van der Waals surface area contributed by atoms with Crippen LogP contribution in [0.25, 0.3) is 50.2 Å². The topological polar surface area (TPSA) is 82.3 Å². The van der Waals surface area contributed by atoms with Crippen LogP contribution in [-0.2, 0) is 0 Å². The Morgan fingerprint density at radius 2 is 1.93 bits per heavy atom. The summed E-state index contributed by atoms with van der Waals surface area (Å²) in [5.41, 5.74) is 9.19. The minimum Gasteiger partial charge on any atom is -0.359 e. The lowest BCUT2D eigenvalue weighted by atomic mass is 9.91. The Balaban J connectivity index is 1.52. The zero-order valence-corrected chi connectivity index (χ0v) is 24.2. The van der Waals surface area contributed by atoms with Crippen molar-refractivity contribution >= 4 is 27.5 Å². The van der Waals surface area contributed by atoms with E-state index in [1.165, 1.54) is 12.1 Å². The van der Waals surface area contributed by atoms with Gasteiger partial charge in [0.1, 0.15) is 11.5 Å². The van der Waals surface area contributed by atoms with Crippen LogP contribution in [0.2, 0.25) is 0 Å². The van der Waals surface area contributed by atoms with Gasteiger partial charge in [0, 0.05) is 22.3 Å². The summed E-state index contributed by atoms with van der Waals surface area (Å²) in [4.78, 5) is 13.0. The van der Waals surface area contributed by atoms with Crippen LogP contribution in [-0.4, -0.2) is 25.1 Å². The van der Waals surface area contributed by atoms with Crippen LogP contribution in [0.4, 0.5) is 4.39 Å². The van der Waals surface area contributed by atoms with Crippen molar-refractivity contribution in [2.24, 2.45) is 5.41 Å². The Morgan fingerprint density at radius 1 is 1.12 bits per heavy atom. The van der Waals surface area contributed by atoms with Crippen molar-refractivity contribution in [2.75, 3.05) is 0 Å². The molecule has 7 heteroatoms. The normalized spacial score (nSPS) is 12.7. The molecule has 0 fully saturated rings. The molecule has 0 bridgehead atoms. The molecule has 208 valence electrons. The number of benzene rings is 2. The number of aryl methyl sites for hydroxylation is 1. The standard InChI is InChI=1S/C34H35FN6/c1-8-22(16-25(9-2)37-21(4)18-34(5,6)7)29-17-27-30(19-36-29)40-41-32(27)33-38-28-12-10-11-26(31(28)39-33)23-13-20(3)14-24(35)15-23/h8-17,19,37H,2,4,18H2,1,3,5-7H3,(H,38,39)(H,40,41)/b22-8+,25-16+. The Kier molecular flexibility index (Phi) is 7.45. The van der Waals surface area contributed by atoms with Gasteiger partial charge in [0.15, 0.2) is 5.82 Å². The van der Waals surface area contributed by atoms with E-state index in [0.717, 1.165) is 67.7 Å². The van der Waals surface area contributed by atoms with Crippen LogP contribution >= 0.6 is 0 Å². The first kappa shape index (κ1) is 27.8. The molecule has 0 saturated carbocycles. The molecule has 0 aliphatic carbocycles. The molecule has 41 heavy (non-hydrogen) atoms. The average molecular weight is 547 g/mol. The van der Waals surface area contributed by atoms with Crippen molar-refractivity contribution < 1.29 is 4.39 Å². The van der Waals surface area contributed by atoms with Crippen LogP contribution < -0.4 is 5.32 Å². The van der Waals surface area contributed by atoms with Gasteiger partial charge in [-0.1, -0.05) is 58.2 Å². The number of hydrogen-bond donors (Lipinski definition) is 3. The highest BCUT2D eigenvalue weighted by Crippen LogP contribution is 2.33. The third kappa shape index (κ3) is 6.04. The average Bonchev–Trinajstić information content (AvgIpc) is 3.53. The molecule has 3 aromatic heterocycles. The molecule has 0 aliphatic rings. The lowest BCUT2D eigenvalue weighted by molar-refractivity contribution is 0.403. The highest BCUT2D eigenvalue weighted by molar-refractivity contribution is 5.97. The monoisotopic (exact) mass is 546 g/mol. The number of aromatic amines is 2. The quantitative estimate of drug-likeness (QED) is 0.170. The Bertz CT molecular complexity index is 1820. The maximum Gasteiger partial charge on any atom is 0.159 e. The number of nitrogens with zero attached hydrogens (tertiary/aromatic N) is 3. The second kappa shape index (κ2) is 11.0. The summed E-state index contributed by atoms with van der Waals surface area (Å²) in [7, 11) is 0. The molecule has 3 N–H and O–H groups in total. The van der Waals surface area contributed by atoms with Crippen LogP contribution in [0.3, 0.4) is 0 Å². The molecule has 0 radical (unpaired) electrons. The number of imidazole rings is 1. The van der Waals surface area contributed by atoms with E-state index in [2.05, 4.69) is 59.4 Å². The minimum atomic E-state index is -0.270. The van der Waals surface area contributed by atoms with Gasteiger partial charge in [-0.15, -0.1) is 0 Å². The predicted octanol–water partition coefficient (Wildman–Crippen LogP) is 8.63. The number of pyridine rings is 1. The van der Waals surface area contributed by atoms with E-state index in [0.29, 0.717) is 11.5 Å². The smallest absolute Gasteiger partial charge is 0.159 e. The summed E-state index contributed by atoms with van der Waals surface area (Å²) in [5.74, 6) is 0.349. The van der Waals surface area contributed by atoms with Crippen LogP contribution in [0, 0.1) is 18.2 Å². The second-order valence-corrected chi connectivity index (χ2v) is 11.5. The van der Waals surface area contributed by atoms with Gasteiger partial charge >= 0.3 is 0 Å². The fourth-order valence-electron chi connectivity index (χ4n) is 5.03. The number of nitrogens with one attached hydrogen (secondary N) is 3. The molecule has 0 amide bonds. The highest BCUT2D eigenvalue weighted by Gasteiger charge is 2.17. The molecular weight excluding hydrogens is 511 g/mol. The van der Waals surface area contributed by atoms with Crippen LogP contribution in [0.5, 0.6) is 0 Å². The molecule has 0 saturated heterocycles. The number of para-hydroxylation sites is 1. The zero-order valence-electron chi connectivity index (χ0n) is 24.2. The second-order valence-electron chi connectivity index (χ2n) is 11.5. The maximum absolute atomic E-state index is 14.2. The Labute approximate surface area is 239 Å². The minimum absolute atomic E-state index is 0.123. The first-order valence-corrected chi connectivity index (χ1v) is 13.6. The highest BCUT2D eigenvalue weighted by atomic mass is 19.1. The van der Waals surface area contributed by atoms with E-state index >= 15 is 0 Å². The van der Waals surface area contributed by atoms with Crippen molar-refractivity contribution in [3.8, 4) is 22.6 Å². The first-order chi connectivity index (χ1) is 19.5. The number of fused-ring (bicyclic) bond motifs is 2. The van der Waals surface area contributed by atoms with Crippen molar-refractivity contribution in [3.05, 3.63) is 109 Å². The molecular formula is C34H35FN6. The molecule has 0 aliphatic heterocycles. The van der Waals surface area contributed by atoms with Crippen molar-refractivity contribution in [1.82, 2.24) is 30.5 Å². The summed E-state index contributed by atoms with van der Waals surface area (Å²) in [6.07, 6.45) is 8.43. The van der Waals surface area contributed by atoms with Gasteiger partial charge in [-0.2, -0.15) is 5.10 Å². The van der Waals surface area contributed by atoms with E-state index in [-0.39, 0.29) is 11.2 Å². The lowest BCUT2D eigenvalue weighted by Gasteiger charge is -2.21. The molecule has 0 unspecified atom stereocenters. The molecule has 2 aromatic carbocycles. The number of H-pyrrole nitrogens is 2. The SMILES string of the molecule is C=C/C(=C\C(=C/C)c1cc2c(-c3nc4c(-c5cc(C)cc(F)c5)cccc4[nH]3)n[nH]c2cn1)NC(=C)CC(C)(C)C. The number of hydrogen-bond acceptors (Lipinski definition) is 4. The van der Waals surface area contributed by atoms with Crippen LogP contribution in [0.1, 0.15) is 45.4 Å². The summed E-state index contributed by atoms with van der Waals surface area (Å²) in [6.45, 7) is 18.6. The summed E-state index contributed by atoms with van der Waals surface area (Å²) in [5, 5.41) is 11.9. The van der Waals surface area contributed by atoms with Gasteiger partial charge in [-0.3, -0.25) is 10.1 Å². The molecule has 0 atom stereocenters. The molecule has 6 nitrogen and oxygen atoms in total. The van der Waals surface area contributed by atoms with Gasteiger partial charge < -0.3 is 10.3 Å². The largest absolute Gasteiger partial charge is 0.359 e. The van der Waals surface area contributed by atoms with E-state index in [1.54, 1.807) is 12.3 Å². The number of allylic oxidation sites excluding steroid dienone is 5. The van der Waals surface area contributed by atoms with Gasteiger partial charge in [-0.25, -0.2) is 9.37 Å². The number of aromatic nitrogens is 5. The van der Waals surface area contributed by atoms with Gasteiger partial charge in [0.25, 0.3) is 0 Å². The van der Waals surface area contributed by atoms with Gasteiger partial charge in [-0.05, 0) is 78.8 Å². The Hall–Kier alpha value is -4.78. The van der Waals surface area contributed by atoms with E-state index in [9.17, 15) is 4.39 Å². The maximum atomic E-state index is 14.2. The summed E-state index contributed by atoms with van der Waals surface area (Å²) < 4.78 is 14.2. The van der Waals surface area contributed by atoms with Crippen LogP contribution in [0.15, 0.2) is 91.4 Å². The van der Waals surface area contributed by atoms with E-state index < -0.39 is 0 Å². The zero-order chi connectivity index (χ0) is 29.3. The summed E-state index contributed by atoms with van der Waals surface area (Å²) >= 11 is 0. The Morgan fingerprint density at radius 3 is 2.63 bits per heavy atom. The third-order valence-electron chi connectivity index (χ3n) is 6.74. The van der Waals surface area contributed by atoms with Gasteiger partial charge in [0.05, 0.1) is 28.4 Å². The molecule has 5 aromatic rings. The molecule has 3 heterocycles. The fourth-order valence-corrected chi connectivity index (χ4v) is 5.03. The number of halogens is 1. The number of rotatable bonds is 8. The predicted molar refractivity (Wildman–Crippen MR) is 167 cm³/mol. The van der Waals surface area contributed by atoms with Crippen molar-refractivity contribution in [3.63, 3.8) is 0 Å². The first-order valence-electron chi connectivity index (χ1n) is 13.6. The van der Waals surface area contributed by atoms with E-state index in [1.807, 2.05) is 56.3 Å². The fraction of sp³-hybridized carbons (Fsp3) is 0.206. The van der Waals surface area contributed by atoms with Crippen molar-refractivity contribution in [2.45, 2.75) is 41.0 Å². The molecule has 0 spiro atoms.